The maximum absolute atomic E-state index is 9.37. The Morgan fingerprint density at radius 1 is 1.38 bits per heavy atom. The van der Waals surface area contributed by atoms with Crippen molar-refractivity contribution in [3.05, 3.63) is 0 Å². The van der Waals surface area contributed by atoms with Crippen LogP contribution in [0.4, 0.5) is 0 Å². The number of ether oxygens (including phenoxy) is 1. The molecule has 1 atom stereocenters. The van der Waals surface area contributed by atoms with E-state index in [2.05, 4.69) is 20.8 Å². The Labute approximate surface area is 81.3 Å². The van der Waals surface area contributed by atoms with Gasteiger partial charge in [0.2, 0.25) is 0 Å². The minimum Gasteiger partial charge on any atom is -0.396 e. The van der Waals surface area contributed by atoms with Gasteiger partial charge in [-0.1, -0.05) is 27.2 Å². The van der Waals surface area contributed by atoms with Gasteiger partial charge in [0.05, 0.1) is 13.2 Å². The Hall–Kier alpha value is -0.0800. The Balaban J connectivity index is 2.61. The molecule has 0 aromatic rings. The summed E-state index contributed by atoms with van der Waals surface area (Å²) >= 11 is 0. The van der Waals surface area contributed by atoms with Crippen molar-refractivity contribution >= 4 is 0 Å². The van der Waals surface area contributed by atoms with Crippen LogP contribution in [0.2, 0.25) is 0 Å². The Morgan fingerprint density at radius 2 is 2.00 bits per heavy atom. The highest BCUT2D eigenvalue weighted by molar-refractivity contribution is 4.92. The van der Waals surface area contributed by atoms with Crippen LogP contribution in [-0.2, 0) is 4.74 Å². The van der Waals surface area contributed by atoms with Crippen LogP contribution in [0.25, 0.3) is 0 Å². The summed E-state index contributed by atoms with van der Waals surface area (Å²) < 4.78 is 5.31. The Morgan fingerprint density at radius 3 is 2.23 bits per heavy atom. The molecule has 1 unspecified atom stereocenters. The molecule has 0 spiro atoms. The van der Waals surface area contributed by atoms with E-state index < -0.39 is 0 Å². The van der Waals surface area contributed by atoms with Crippen molar-refractivity contribution in [3.8, 4) is 0 Å². The van der Waals surface area contributed by atoms with E-state index >= 15 is 0 Å². The second-order valence-electron chi connectivity index (χ2n) is 4.64. The summed E-state index contributed by atoms with van der Waals surface area (Å²) in [5.41, 5.74) is 0.289. The van der Waals surface area contributed by atoms with Gasteiger partial charge in [-0.05, 0) is 18.3 Å². The second-order valence-corrected chi connectivity index (χ2v) is 4.64. The lowest BCUT2D eigenvalue weighted by Gasteiger charge is -2.48. The quantitative estimate of drug-likeness (QED) is 0.712. The van der Waals surface area contributed by atoms with E-state index in [4.69, 9.17) is 4.74 Å². The Bertz CT molecular complexity index is 150. The summed E-state index contributed by atoms with van der Waals surface area (Å²) in [6.07, 6.45) is 2.38. The average Bonchev–Trinajstić information content (AvgIpc) is 2.00. The van der Waals surface area contributed by atoms with Crippen LogP contribution in [0, 0.1) is 17.3 Å². The van der Waals surface area contributed by atoms with E-state index in [0.717, 1.165) is 13.2 Å². The Kier molecular flexibility index (Phi) is 3.74. The third-order valence-corrected chi connectivity index (χ3v) is 3.31. The molecule has 0 radical (unpaired) electrons. The molecule has 13 heavy (non-hydrogen) atoms. The van der Waals surface area contributed by atoms with Gasteiger partial charge in [-0.2, -0.15) is 0 Å². The van der Waals surface area contributed by atoms with E-state index in [0.29, 0.717) is 18.4 Å². The predicted molar refractivity (Wildman–Crippen MR) is 53.6 cm³/mol. The first-order valence-electron chi connectivity index (χ1n) is 5.35. The number of hydrogen-bond donors (Lipinski definition) is 1. The molecule has 0 aliphatic carbocycles. The normalized spacial score (nSPS) is 22.8. The lowest BCUT2D eigenvalue weighted by atomic mass is 9.66. The van der Waals surface area contributed by atoms with Crippen LogP contribution in [0.3, 0.4) is 0 Å². The van der Waals surface area contributed by atoms with Crippen LogP contribution in [0.1, 0.15) is 33.6 Å². The van der Waals surface area contributed by atoms with Gasteiger partial charge < -0.3 is 9.84 Å². The van der Waals surface area contributed by atoms with Gasteiger partial charge in [0.1, 0.15) is 0 Å². The highest BCUT2D eigenvalue weighted by Crippen LogP contribution is 2.43. The fourth-order valence-electron chi connectivity index (χ4n) is 2.52. The lowest BCUT2D eigenvalue weighted by Crippen LogP contribution is -2.51. The average molecular weight is 186 g/mol. The monoisotopic (exact) mass is 186 g/mol. The molecular formula is C11H22O2. The molecule has 1 fully saturated rings. The molecule has 1 saturated heterocycles. The minimum absolute atomic E-state index is 0.289. The first kappa shape index (κ1) is 11.0. The number of aliphatic hydroxyl groups excluding tert-OH is 1. The first-order valence-corrected chi connectivity index (χ1v) is 5.35. The number of aliphatic hydroxyl groups is 1. The largest absolute Gasteiger partial charge is 0.396 e. The maximum atomic E-state index is 9.37. The molecule has 2 nitrogen and oxygen atoms in total. The minimum atomic E-state index is 0.289. The van der Waals surface area contributed by atoms with Crippen molar-refractivity contribution in [3.63, 3.8) is 0 Å². The van der Waals surface area contributed by atoms with E-state index in [9.17, 15) is 5.11 Å². The first-order chi connectivity index (χ1) is 6.16. The molecule has 0 bridgehead atoms. The molecule has 2 heteroatoms. The lowest BCUT2D eigenvalue weighted by molar-refractivity contribution is -0.168. The fraction of sp³-hybridized carbons (Fsp3) is 1.00. The molecule has 1 aliphatic rings. The summed E-state index contributed by atoms with van der Waals surface area (Å²) in [5, 5.41) is 9.37. The van der Waals surface area contributed by atoms with Crippen molar-refractivity contribution in [2.75, 3.05) is 19.8 Å². The van der Waals surface area contributed by atoms with Crippen LogP contribution >= 0.6 is 0 Å². The van der Waals surface area contributed by atoms with Crippen LogP contribution in [0.15, 0.2) is 0 Å². The van der Waals surface area contributed by atoms with Crippen LogP contribution in [-0.4, -0.2) is 24.9 Å². The molecule has 78 valence electrons. The summed E-state index contributed by atoms with van der Waals surface area (Å²) in [6, 6.07) is 0. The fourth-order valence-corrected chi connectivity index (χ4v) is 2.52. The van der Waals surface area contributed by atoms with E-state index in [1.54, 1.807) is 0 Å². The molecule has 1 aliphatic heterocycles. The molecule has 0 aromatic heterocycles. The molecule has 1 rings (SSSR count). The van der Waals surface area contributed by atoms with Crippen LogP contribution in [0.5, 0.6) is 0 Å². The molecule has 0 saturated carbocycles. The number of hydrogen-bond acceptors (Lipinski definition) is 2. The number of rotatable bonds is 5. The van der Waals surface area contributed by atoms with Gasteiger partial charge in [0, 0.05) is 12.0 Å². The summed E-state index contributed by atoms with van der Waals surface area (Å²) in [6.45, 7) is 8.59. The second kappa shape index (κ2) is 4.43. The molecule has 0 amide bonds. The van der Waals surface area contributed by atoms with Gasteiger partial charge in [0.25, 0.3) is 0 Å². The molecule has 1 heterocycles. The third-order valence-electron chi connectivity index (χ3n) is 3.31. The van der Waals surface area contributed by atoms with Crippen molar-refractivity contribution < 1.29 is 9.84 Å². The topological polar surface area (TPSA) is 29.5 Å². The smallest absolute Gasteiger partial charge is 0.0548 e. The van der Waals surface area contributed by atoms with Gasteiger partial charge in [-0.25, -0.2) is 0 Å². The zero-order chi connectivity index (χ0) is 9.90. The summed E-state index contributed by atoms with van der Waals surface area (Å²) in [5.74, 6) is 0.974. The highest BCUT2D eigenvalue weighted by Gasteiger charge is 2.45. The SMILES string of the molecule is CCCC1(C(CO)C(C)C)COC1. The highest BCUT2D eigenvalue weighted by atomic mass is 16.5. The van der Waals surface area contributed by atoms with Gasteiger partial charge >= 0.3 is 0 Å². The van der Waals surface area contributed by atoms with Crippen molar-refractivity contribution in [2.24, 2.45) is 17.3 Å². The van der Waals surface area contributed by atoms with Crippen molar-refractivity contribution in [2.45, 2.75) is 33.6 Å². The zero-order valence-electron chi connectivity index (χ0n) is 9.05. The third kappa shape index (κ3) is 2.05. The van der Waals surface area contributed by atoms with E-state index in [1.807, 2.05) is 0 Å². The summed E-state index contributed by atoms with van der Waals surface area (Å²) in [7, 11) is 0. The molecular weight excluding hydrogens is 164 g/mol. The van der Waals surface area contributed by atoms with Gasteiger partial charge in [-0.15, -0.1) is 0 Å². The standard InChI is InChI=1S/C11H22O2/c1-4-5-11(7-13-8-11)10(6-12)9(2)3/h9-10,12H,4-8H2,1-3H3. The van der Waals surface area contributed by atoms with Crippen molar-refractivity contribution in [1.29, 1.82) is 0 Å². The van der Waals surface area contributed by atoms with E-state index in [1.165, 1.54) is 12.8 Å². The maximum Gasteiger partial charge on any atom is 0.0548 e. The van der Waals surface area contributed by atoms with Gasteiger partial charge in [-0.3, -0.25) is 0 Å². The molecule has 1 N–H and O–H groups in total. The van der Waals surface area contributed by atoms with Gasteiger partial charge in [0.15, 0.2) is 0 Å². The predicted octanol–water partition coefficient (Wildman–Crippen LogP) is 2.07. The summed E-state index contributed by atoms with van der Waals surface area (Å²) in [4.78, 5) is 0. The zero-order valence-corrected chi connectivity index (χ0v) is 9.05. The van der Waals surface area contributed by atoms with E-state index in [-0.39, 0.29) is 5.41 Å². The van der Waals surface area contributed by atoms with Crippen LogP contribution < -0.4 is 0 Å². The van der Waals surface area contributed by atoms with Crippen molar-refractivity contribution in [1.82, 2.24) is 0 Å². The molecule has 0 aromatic carbocycles.